The standard InChI is InChI=1S/C27H19F3N6O3S/c28-16-3-6-23(20(30)12-16)36-40(38,39)24-8-7-21(35-26(24)32)14-2-5-22-15(9-14)11-17(25(31)34-22)13-1-4-19(29)18(10-13)27(33)37/h1-12,36H,(H2,31,34)(H2,32,35)(H2,33,37). The van der Waals surface area contributed by atoms with Crippen molar-refractivity contribution in [2.75, 3.05) is 16.2 Å². The van der Waals surface area contributed by atoms with Gasteiger partial charge in [0.05, 0.1) is 22.5 Å². The summed E-state index contributed by atoms with van der Waals surface area (Å²) in [6, 6.07) is 15.6. The van der Waals surface area contributed by atoms with E-state index >= 15 is 0 Å². The maximum atomic E-state index is 14.0. The summed E-state index contributed by atoms with van der Waals surface area (Å²) in [6.45, 7) is 0. The van der Waals surface area contributed by atoms with Crippen molar-refractivity contribution in [3.8, 4) is 22.4 Å². The zero-order valence-corrected chi connectivity index (χ0v) is 21.1. The quantitative estimate of drug-likeness (QED) is 0.236. The molecule has 9 nitrogen and oxygen atoms in total. The first-order chi connectivity index (χ1) is 18.9. The Bertz CT molecular complexity index is 1950. The number of nitrogens with zero attached hydrogens (tertiary/aromatic N) is 2. The van der Waals surface area contributed by atoms with Crippen LogP contribution in [0, 0.1) is 17.5 Å². The molecule has 1 amide bonds. The van der Waals surface area contributed by atoms with Gasteiger partial charge in [-0.2, -0.15) is 0 Å². The van der Waals surface area contributed by atoms with E-state index in [1.807, 2.05) is 4.72 Å². The van der Waals surface area contributed by atoms with Gasteiger partial charge in [-0.05, 0) is 60.2 Å². The van der Waals surface area contributed by atoms with Crippen molar-refractivity contribution in [3.05, 3.63) is 95.8 Å². The Kier molecular flexibility index (Phi) is 6.51. The summed E-state index contributed by atoms with van der Waals surface area (Å²) in [5.74, 6) is -3.86. The highest BCUT2D eigenvalue weighted by Gasteiger charge is 2.21. The molecule has 3 aromatic carbocycles. The Hall–Kier alpha value is -5.17. The molecule has 0 aliphatic carbocycles. The van der Waals surface area contributed by atoms with Gasteiger partial charge in [0.1, 0.15) is 34.0 Å². The van der Waals surface area contributed by atoms with Crippen LogP contribution in [0.1, 0.15) is 10.4 Å². The predicted octanol–water partition coefficient (Wildman–Crippen LogP) is 4.45. The van der Waals surface area contributed by atoms with Gasteiger partial charge in [-0.3, -0.25) is 9.52 Å². The Morgan fingerprint density at radius 1 is 0.775 bits per heavy atom. The number of primary amides is 1. The van der Waals surface area contributed by atoms with Crippen LogP contribution in [0.15, 0.2) is 77.7 Å². The van der Waals surface area contributed by atoms with E-state index in [1.54, 1.807) is 24.3 Å². The van der Waals surface area contributed by atoms with Crippen LogP contribution in [0.4, 0.5) is 30.5 Å². The number of pyridine rings is 2. The number of carbonyl (C=O) groups is 1. The smallest absolute Gasteiger partial charge is 0.265 e. The molecule has 0 aliphatic heterocycles. The molecule has 0 saturated heterocycles. The molecule has 0 bridgehead atoms. The lowest BCUT2D eigenvalue weighted by Crippen LogP contribution is -2.16. The van der Waals surface area contributed by atoms with Gasteiger partial charge in [-0.1, -0.05) is 12.1 Å². The average molecular weight is 565 g/mol. The lowest BCUT2D eigenvalue weighted by Gasteiger charge is -2.12. The average Bonchev–Trinajstić information content (AvgIpc) is 2.89. The van der Waals surface area contributed by atoms with E-state index in [0.717, 1.165) is 18.2 Å². The number of carbonyl (C=O) groups excluding carboxylic acids is 1. The van der Waals surface area contributed by atoms with Crippen LogP contribution in [0.5, 0.6) is 0 Å². The summed E-state index contributed by atoms with van der Waals surface area (Å²) in [7, 11) is -4.35. The first-order valence-corrected chi connectivity index (χ1v) is 13.0. The summed E-state index contributed by atoms with van der Waals surface area (Å²) in [5.41, 5.74) is 18.9. The Labute approximate surface area is 225 Å². The number of hydrogen-bond donors (Lipinski definition) is 4. The zero-order chi connectivity index (χ0) is 28.8. The lowest BCUT2D eigenvalue weighted by atomic mass is 10.00. The molecule has 0 fully saturated rings. The van der Waals surface area contributed by atoms with E-state index in [0.29, 0.717) is 39.4 Å². The first-order valence-electron chi connectivity index (χ1n) is 11.5. The summed E-state index contributed by atoms with van der Waals surface area (Å²) >= 11 is 0. The highest BCUT2D eigenvalue weighted by molar-refractivity contribution is 7.92. The molecule has 2 aromatic heterocycles. The number of sulfonamides is 1. The number of nitrogens with two attached hydrogens (primary N) is 3. The number of anilines is 3. The molecule has 0 saturated carbocycles. The number of benzene rings is 3. The predicted molar refractivity (Wildman–Crippen MR) is 145 cm³/mol. The van der Waals surface area contributed by atoms with Gasteiger partial charge in [-0.15, -0.1) is 0 Å². The topological polar surface area (TPSA) is 167 Å². The molecule has 0 unspecified atom stereocenters. The monoisotopic (exact) mass is 564 g/mol. The summed E-state index contributed by atoms with van der Waals surface area (Å²) in [5, 5.41) is 0.608. The van der Waals surface area contributed by atoms with E-state index in [2.05, 4.69) is 9.97 Å². The fourth-order valence-electron chi connectivity index (χ4n) is 4.09. The number of fused-ring (bicyclic) bond motifs is 1. The Morgan fingerprint density at radius 3 is 2.23 bits per heavy atom. The molecule has 0 radical (unpaired) electrons. The fourth-order valence-corrected chi connectivity index (χ4v) is 5.22. The second-order valence-corrected chi connectivity index (χ2v) is 10.3. The van der Waals surface area contributed by atoms with Crippen LogP contribution in [-0.4, -0.2) is 24.3 Å². The molecule has 0 aliphatic rings. The van der Waals surface area contributed by atoms with E-state index in [9.17, 15) is 26.4 Å². The number of halogens is 3. The van der Waals surface area contributed by atoms with Crippen LogP contribution in [0.25, 0.3) is 33.3 Å². The highest BCUT2D eigenvalue weighted by Crippen LogP contribution is 2.32. The third kappa shape index (κ3) is 4.97. The van der Waals surface area contributed by atoms with E-state index < -0.39 is 44.0 Å². The SMILES string of the molecule is NC(=O)c1cc(-c2cc3cc(-c4ccc(S(=O)(=O)Nc5ccc(F)cc5F)c(N)n4)ccc3nc2N)ccc1F. The molecule has 13 heteroatoms. The van der Waals surface area contributed by atoms with Gasteiger partial charge in [0.15, 0.2) is 0 Å². The third-order valence-electron chi connectivity index (χ3n) is 6.03. The lowest BCUT2D eigenvalue weighted by molar-refractivity contribution is 0.0996. The zero-order valence-electron chi connectivity index (χ0n) is 20.3. The summed E-state index contributed by atoms with van der Waals surface area (Å²) in [6.07, 6.45) is 0. The summed E-state index contributed by atoms with van der Waals surface area (Å²) < 4.78 is 68.8. The summed E-state index contributed by atoms with van der Waals surface area (Å²) in [4.78, 5) is 19.8. The van der Waals surface area contributed by atoms with Crippen LogP contribution in [0.2, 0.25) is 0 Å². The fraction of sp³-hybridized carbons (Fsp3) is 0. The van der Waals surface area contributed by atoms with Gasteiger partial charge in [0.2, 0.25) is 0 Å². The van der Waals surface area contributed by atoms with Crippen molar-refractivity contribution in [1.82, 2.24) is 9.97 Å². The molecule has 2 heterocycles. The van der Waals surface area contributed by atoms with Gasteiger partial charge < -0.3 is 17.2 Å². The van der Waals surface area contributed by atoms with Crippen LogP contribution in [-0.2, 0) is 10.0 Å². The van der Waals surface area contributed by atoms with Crippen molar-refractivity contribution in [1.29, 1.82) is 0 Å². The van der Waals surface area contributed by atoms with E-state index in [4.69, 9.17) is 17.2 Å². The molecular weight excluding hydrogens is 545 g/mol. The first kappa shape index (κ1) is 26.4. The van der Waals surface area contributed by atoms with Gasteiger partial charge in [0.25, 0.3) is 15.9 Å². The number of rotatable bonds is 6. The second-order valence-electron chi connectivity index (χ2n) is 8.70. The van der Waals surface area contributed by atoms with Crippen molar-refractivity contribution in [3.63, 3.8) is 0 Å². The minimum Gasteiger partial charge on any atom is -0.383 e. The van der Waals surface area contributed by atoms with Gasteiger partial charge in [-0.25, -0.2) is 31.6 Å². The number of aromatic nitrogens is 2. The van der Waals surface area contributed by atoms with Gasteiger partial charge >= 0.3 is 0 Å². The van der Waals surface area contributed by atoms with Crippen molar-refractivity contribution >= 4 is 44.2 Å². The van der Waals surface area contributed by atoms with Crippen molar-refractivity contribution in [2.24, 2.45) is 5.73 Å². The molecule has 5 rings (SSSR count). The molecule has 0 atom stereocenters. The van der Waals surface area contributed by atoms with Crippen molar-refractivity contribution < 1.29 is 26.4 Å². The van der Waals surface area contributed by atoms with Crippen LogP contribution in [0.3, 0.4) is 0 Å². The number of nitrogen functional groups attached to an aromatic ring is 2. The van der Waals surface area contributed by atoms with Crippen LogP contribution >= 0.6 is 0 Å². The molecule has 5 aromatic rings. The second kappa shape index (κ2) is 9.85. The molecule has 7 N–H and O–H groups in total. The minimum atomic E-state index is -4.35. The normalized spacial score (nSPS) is 11.5. The molecule has 0 spiro atoms. The third-order valence-corrected chi connectivity index (χ3v) is 7.45. The molecule has 40 heavy (non-hydrogen) atoms. The van der Waals surface area contributed by atoms with E-state index in [1.165, 1.54) is 24.3 Å². The van der Waals surface area contributed by atoms with Crippen LogP contribution < -0.4 is 21.9 Å². The largest absolute Gasteiger partial charge is 0.383 e. The molecule has 202 valence electrons. The Balaban J connectivity index is 1.51. The highest BCUT2D eigenvalue weighted by atomic mass is 32.2. The Morgan fingerprint density at radius 2 is 1.52 bits per heavy atom. The maximum absolute atomic E-state index is 14.0. The number of amides is 1. The van der Waals surface area contributed by atoms with E-state index in [-0.39, 0.29) is 17.2 Å². The van der Waals surface area contributed by atoms with Gasteiger partial charge in [0, 0.05) is 22.6 Å². The number of hydrogen-bond acceptors (Lipinski definition) is 7. The number of nitrogens with one attached hydrogen (secondary N) is 1. The maximum Gasteiger partial charge on any atom is 0.265 e. The van der Waals surface area contributed by atoms with Crippen molar-refractivity contribution in [2.45, 2.75) is 4.90 Å². The molecular formula is C27H19F3N6O3S. The minimum absolute atomic E-state index is 0.143.